The summed E-state index contributed by atoms with van der Waals surface area (Å²) in [5.74, 6) is -0.339. The minimum absolute atomic E-state index is 0.339. The average Bonchev–Trinajstić information content (AvgIpc) is 2.34. The zero-order valence-corrected chi connectivity index (χ0v) is 11.3. The molecule has 2 rings (SSSR count). The Balaban J connectivity index is 2.04. The molecule has 5 heteroatoms. The van der Waals surface area contributed by atoms with E-state index in [4.69, 9.17) is 28.9 Å². The summed E-state index contributed by atoms with van der Waals surface area (Å²) in [5, 5.41) is 1.11. The van der Waals surface area contributed by atoms with Gasteiger partial charge in [-0.3, -0.25) is 9.69 Å². The summed E-state index contributed by atoms with van der Waals surface area (Å²) in [4.78, 5) is 13.3. The molecule has 0 saturated heterocycles. The number of nitrogens with two attached hydrogens (primary N) is 1. The number of nitrogens with zero attached hydrogens (tertiary/aromatic N) is 1. The van der Waals surface area contributed by atoms with Crippen LogP contribution in [0.2, 0.25) is 10.0 Å². The molecular formula is C13H14Cl2N2O. The van der Waals surface area contributed by atoms with Crippen molar-refractivity contribution in [1.82, 2.24) is 4.90 Å². The number of halogens is 2. The first-order valence-corrected chi connectivity index (χ1v) is 6.47. The molecule has 0 spiro atoms. The van der Waals surface area contributed by atoms with Crippen LogP contribution in [0.1, 0.15) is 12.0 Å². The molecule has 1 amide bonds. The molecule has 18 heavy (non-hydrogen) atoms. The first-order chi connectivity index (χ1) is 8.56. The van der Waals surface area contributed by atoms with Crippen molar-refractivity contribution < 1.29 is 4.79 Å². The van der Waals surface area contributed by atoms with E-state index in [1.165, 1.54) is 0 Å². The van der Waals surface area contributed by atoms with Gasteiger partial charge in [-0.15, -0.1) is 0 Å². The number of rotatable bonds is 3. The van der Waals surface area contributed by atoms with E-state index in [0.717, 1.165) is 25.1 Å². The van der Waals surface area contributed by atoms with Crippen molar-refractivity contribution in [2.45, 2.75) is 13.0 Å². The third kappa shape index (κ3) is 3.25. The van der Waals surface area contributed by atoms with Crippen LogP contribution < -0.4 is 5.73 Å². The minimum Gasteiger partial charge on any atom is -0.366 e. The van der Waals surface area contributed by atoms with Gasteiger partial charge in [0.05, 0.1) is 10.0 Å². The fourth-order valence-corrected chi connectivity index (χ4v) is 2.34. The van der Waals surface area contributed by atoms with Gasteiger partial charge in [-0.2, -0.15) is 0 Å². The molecule has 0 aliphatic carbocycles. The molecule has 3 nitrogen and oxygen atoms in total. The van der Waals surface area contributed by atoms with Crippen molar-refractivity contribution in [2.75, 3.05) is 13.1 Å². The summed E-state index contributed by atoms with van der Waals surface area (Å²) < 4.78 is 0. The summed E-state index contributed by atoms with van der Waals surface area (Å²) in [6.07, 6.45) is 2.76. The normalized spacial score (nSPS) is 16.4. The van der Waals surface area contributed by atoms with E-state index in [9.17, 15) is 4.79 Å². The van der Waals surface area contributed by atoms with Crippen molar-refractivity contribution in [3.05, 3.63) is 45.5 Å². The van der Waals surface area contributed by atoms with E-state index in [1.807, 2.05) is 18.2 Å². The molecule has 0 unspecified atom stereocenters. The Morgan fingerprint density at radius 1 is 1.33 bits per heavy atom. The maximum atomic E-state index is 11.1. The van der Waals surface area contributed by atoms with Gasteiger partial charge in [0.25, 0.3) is 0 Å². The number of hydrogen-bond acceptors (Lipinski definition) is 2. The molecule has 0 fully saturated rings. The van der Waals surface area contributed by atoms with Crippen LogP contribution in [0.3, 0.4) is 0 Å². The summed E-state index contributed by atoms with van der Waals surface area (Å²) in [5.41, 5.74) is 7.05. The summed E-state index contributed by atoms with van der Waals surface area (Å²) >= 11 is 11.8. The quantitative estimate of drug-likeness (QED) is 0.928. The Morgan fingerprint density at radius 3 is 2.78 bits per heavy atom. The second-order valence-electron chi connectivity index (χ2n) is 4.34. The standard InChI is InChI=1S/C13H14Cl2N2O/c14-11-4-3-9(6-12(11)15)7-17-5-1-2-10(8-17)13(16)18/h2-4,6H,1,5,7-8H2,(H2,16,18). The van der Waals surface area contributed by atoms with Crippen molar-refractivity contribution in [1.29, 1.82) is 0 Å². The molecule has 1 heterocycles. The van der Waals surface area contributed by atoms with Gasteiger partial charge in [-0.05, 0) is 24.1 Å². The van der Waals surface area contributed by atoms with Crippen LogP contribution in [0.5, 0.6) is 0 Å². The SMILES string of the molecule is NC(=O)C1=CCCN(Cc2ccc(Cl)c(Cl)c2)C1. The van der Waals surface area contributed by atoms with Gasteiger partial charge in [-0.25, -0.2) is 0 Å². The molecule has 0 aromatic heterocycles. The summed E-state index contributed by atoms with van der Waals surface area (Å²) in [7, 11) is 0. The van der Waals surface area contributed by atoms with Gasteiger partial charge < -0.3 is 5.73 Å². The fraction of sp³-hybridized carbons (Fsp3) is 0.308. The van der Waals surface area contributed by atoms with E-state index >= 15 is 0 Å². The van der Waals surface area contributed by atoms with Crippen LogP contribution in [-0.4, -0.2) is 23.9 Å². The molecule has 1 aromatic rings. The highest BCUT2D eigenvalue weighted by molar-refractivity contribution is 6.42. The number of amides is 1. The van der Waals surface area contributed by atoms with Crippen LogP contribution in [0.25, 0.3) is 0 Å². The molecular weight excluding hydrogens is 271 g/mol. The zero-order valence-electron chi connectivity index (χ0n) is 9.83. The third-order valence-electron chi connectivity index (χ3n) is 2.94. The highest BCUT2D eigenvalue weighted by Gasteiger charge is 2.16. The van der Waals surface area contributed by atoms with Gasteiger partial charge in [0.2, 0.25) is 5.91 Å². The van der Waals surface area contributed by atoms with Crippen LogP contribution in [-0.2, 0) is 11.3 Å². The maximum Gasteiger partial charge on any atom is 0.245 e. The predicted octanol–water partition coefficient (Wildman–Crippen LogP) is 2.61. The van der Waals surface area contributed by atoms with E-state index in [1.54, 1.807) is 6.07 Å². The van der Waals surface area contributed by atoms with Crippen LogP contribution in [0.15, 0.2) is 29.8 Å². The molecule has 1 aliphatic heterocycles. The van der Waals surface area contributed by atoms with Crippen LogP contribution in [0.4, 0.5) is 0 Å². The Kier molecular flexibility index (Phi) is 4.27. The molecule has 0 bridgehead atoms. The number of carbonyl (C=O) groups is 1. The number of carbonyl (C=O) groups excluding carboxylic acids is 1. The molecule has 0 radical (unpaired) electrons. The Morgan fingerprint density at radius 2 is 2.11 bits per heavy atom. The van der Waals surface area contributed by atoms with E-state index in [-0.39, 0.29) is 5.91 Å². The second-order valence-corrected chi connectivity index (χ2v) is 5.16. The second kappa shape index (κ2) is 5.74. The first-order valence-electron chi connectivity index (χ1n) is 5.71. The number of hydrogen-bond donors (Lipinski definition) is 1. The Bertz CT molecular complexity index is 500. The van der Waals surface area contributed by atoms with Crippen molar-refractivity contribution in [2.24, 2.45) is 5.73 Å². The molecule has 96 valence electrons. The molecule has 2 N–H and O–H groups in total. The monoisotopic (exact) mass is 284 g/mol. The predicted molar refractivity (Wildman–Crippen MR) is 73.6 cm³/mol. The van der Waals surface area contributed by atoms with Gasteiger partial charge in [0.1, 0.15) is 0 Å². The van der Waals surface area contributed by atoms with Crippen molar-refractivity contribution >= 4 is 29.1 Å². The zero-order chi connectivity index (χ0) is 13.1. The largest absolute Gasteiger partial charge is 0.366 e. The van der Waals surface area contributed by atoms with Gasteiger partial charge in [-0.1, -0.05) is 35.3 Å². The van der Waals surface area contributed by atoms with Gasteiger partial charge in [0.15, 0.2) is 0 Å². The highest BCUT2D eigenvalue weighted by atomic mass is 35.5. The summed E-state index contributed by atoms with van der Waals surface area (Å²) in [6.45, 7) is 2.24. The molecule has 1 aliphatic rings. The van der Waals surface area contributed by atoms with Gasteiger partial charge >= 0.3 is 0 Å². The summed E-state index contributed by atoms with van der Waals surface area (Å²) in [6, 6.07) is 5.58. The van der Waals surface area contributed by atoms with E-state index < -0.39 is 0 Å². The minimum atomic E-state index is -0.339. The third-order valence-corrected chi connectivity index (χ3v) is 3.68. The maximum absolute atomic E-state index is 11.1. The Hall–Kier alpha value is -1.03. The lowest BCUT2D eigenvalue weighted by atomic mass is 10.1. The lowest BCUT2D eigenvalue weighted by molar-refractivity contribution is -0.114. The molecule has 1 aromatic carbocycles. The van der Waals surface area contributed by atoms with Crippen molar-refractivity contribution in [3.8, 4) is 0 Å². The van der Waals surface area contributed by atoms with E-state index in [0.29, 0.717) is 22.2 Å². The number of primary amides is 1. The van der Waals surface area contributed by atoms with Crippen molar-refractivity contribution in [3.63, 3.8) is 0 Å². The van der Waals surface area contributed by atoms with Crippen LogP contribution in [0, 0.1) is 0 Å². The molecule has 0 atom stereocenters. The lowest BCUT2D eigenvalue weighted by Gasteiger charge is -2.26. The Labute approximate surface area is 116 Å². The van der Waals surface area contributed by atoms with Gasteiger partial charge in [0, 0.05) is 25.2 Å². The first kappa shape index (κ1) is 13.4. The van der Waals surface area contributed by atoms with Crippen LogP contribution >= 0.6 is 23.2 Å². The average molecular weight is 285 g/mol. The molecule has 0 saturated carbocycles. The topological polar surface area (TPSA) is 46.3 Å². The van der Waals surface area contributed by atoms with E-state index in [2.05, 4.69) is 4.90 Å². The smallest absolute Gasteiger partial charge is 0.245 e. The highest BCUT2D eigenvalue weighted by Crippen LogP contribution is 2.23. The fourth-order valence-electron chi connectivity index (χ4n) is 2.02. The number of benzene rings is 1. The lowest BCUT2D eigenvalue weighted by Crippen LogP contribution is -2.33.